The zero-order chi connectivity index (χ0) is 29.2. The molecule has 0 fully saturated rings. The molecule has 0 saturated carbocycles. The van der Waals surface area contributed by atoms with Crippen LogP contribution in [-0.4, -0.2) is 9.85 Å². The van der Waals surface area contributed by atoms with Crippen LogP contribution in [-0.2, 0) is 12.4 Å². The average Bonchev–Trinajstić information content (AvgIpc) is 2.88. The quantitative estimate of drug-likeness (QED) is 0.126. The summed E-state index contributed by atoms with van der Waals surface area (Å²) in [5.41, 5.74) is -2.97. The molecule has 0 spiro atoms. The number of halogens is 6. The Morgan fingerprint density at radius 2 is 0.850 bits per heavy atom. The number of nitro benzene ring substituents is 2. The summed E-state index contributed by atoms with van der Waals surface area (Å²) in [4.78, 5) is 19.8. The van der Waals surface area contributed by atoms with Gasteiger partial charge in [-0.2, -0.15) is 26.3 Å². The van der Waals surface area contributed by atoms with E-state index < -0.39 is 56.2 Å². The van der Waals surface area contributed by atoms with Gasteiger partial charge in [0.2, 0.25) is 0 Å². The Bertz CT molecular complexity index is 1450. The van der Waals surface area contributed by atoms with Gasteiger partial charge in [-0.05, 0) is 47.5 Å². The summed E-state index contributed by atoms with van der Waals surface area (Å²) < 4.78 is 90.9. The third-order valence-electron chi connectivity index (χ3n) is 5.46. The number of rotatable bonds is 7. The highest BCUT2D eigenvalue weighted by atomic mass is 19.4. The Balaban J connectivity index is 1.52. The number of hydrogen-bond acceptors (Lipinski definition) is 6. The molecule has 0 saturated heterocycles. The van der Waals surface area contributed by atoms with Crippen molar-refractivity contribution in [2.45, 2.75) is 12.4 Å². The Kier molecular flexibility index (Phi) is 7.36. The molecule has 8 nitrogen and oxygen atoms in total. The van der Waals surface area contributed by atoms with E-state index in [0.717, 1.165) is 24.3 Å². The van der Waals surface area contributed by atoms with Gasteiger partial charge in [0, 0.05) is 24.3 Å². The molecule has 0 heterocycles. The highest BCUT2D eigenvalue weighted by Crippen LogP contribution is 2.42. The first-order valence-electron chi connectivity index (χ1n) is 11.0. The van der Waals surface area contributed by atoms with E-state index in [1.165, 1.54) is 48.5 Å². The third-order valence-corrected chi connectivity index (χ3v) is 5.46. The van der Waals surface area contributed by atoms with Crippen LogP contribution in [0.15, 0.2) is 84.9 Å². The topological polar surface area (TPSA) is 105 Å². The minimum atomic E-state index is -4.90. The largest absolute Gasteiger partial charge is 0.457 e. The molecule has 0 unspecified atom stereocenters. The average molecular weight is 564 g/mol. The van der Waals surface area contributed by atoms with Gasteiger partial charge in [0.25, 0.3) is 11.4 Å². The lowest BCUT2D eigenvalue weighted by molar-refractivity contribution is -0.385. The normalized spacial score (nSPS) is 11.7. The van der Waals surface area contributed by atoms with Crippen LogP contribution in [0.1, 0.15) is 11.1 Å². The van der Waals surface area contributed by atoms with Gasteiger partial charge < -0.3 is 9.47 Å². The zero-order valence-corrected chi connectivity index (χ0v) is 19.7. The van der Waals surface area contributed by atoms with Gasteiger partial charge in [0.05, 0.1) is 9.85 Å². The van der Waals surface area contributed by atoms with Gasteiger partial charge in [-0.15, -0.1) is 0 Å². The molecule has 0 aromatic heterocycles. The molecule has 206 valence electrons. The van der Waals surface area contributed by atoms with Crippen molar-refractivity contribution in [3.63, 3.8) is 0 Å². The van der Waals surface area contributed by atoms with E-state index in [2.05, 4.69) is 0 Å². The van der Waals surface area contributed by atoms with E-state index in [-0.39, 0.29) is 11.5 Å². The van der Waals surface area contributed by atoms with E-state index in [0.29, 0.717) is 23.3 Å². The molecule has 0 aliphatic heterocycles. The second kappa shape index (κ2) is 10.6. The van der Waals surface area contributed by atoms with Crippen LogP contribution in [0, 0.1) is 20.2 Å². The second-order valence-corrected chi connectivity index (χ2v) is 8.12. The zero-order valence-electron chi connectivity index (χ0n) is 19.7. The molecular weight excluding hydrogens is 550 g/mol. The Morgan fingerprint density at radius 1 is 0.525 bits per heavy atom. The van der Waals surface area contributed by atoms with Crippen LogP contribution < -0.4 is 9.47 Å². The van der Waals surface area contributed by atoms with E-state index in [9.17, 15) is 46.6 Å². The van der Waals surface area contributed by atoms with Crippen molar-refractivity contribution in [2.75, 3.05) is 0 Å². The predicted octanol–water partition coefficient (Wildman–Crippen LogP) is 8.79. The fourth-order valence-electron chi connectivity index (χ4n) is 3.57. The summed E-state index contributed by atoms with van der Waals surface area (Å²) >= 11 is 0. The number of benzene rings is 4. The maximum absolute atomic E-state index is 13.4. The number of ether oxygens (including phenoxy) is 2. The molecule has 4 rings (SSSR count). The lowest BCUT2D eigenvalue weighted by Gasteiger charge is -2.14. The molecule has 14 heteroatoms. The first-order valence-corrected chi connectivity index (χ1v) is 11.0. The molecule has 0 N–H and O–H groups in total. The smallest absolute Gasteiger partial charge is 0.420 e. The minimum Gasteiger partial charge on any atom is -0.457 e. The fourth-order valence-corrected chi connectivity index (χ4v) is 3.57. The van der Waals surface area contributed by atoms with Crippen molar-refractivity contribution in [2.24, 2.45) is 0 Å². The maximum atomic E-state index is 13.4. The summed E-state index contributed by atoms with van der Waals surface area (Å²) in [7, 11) is 0. The van der Waals surface area contributed by atoms with Gasteiger partial charge in [-0.1, -0.05) is 24.3 Å². The summed E-state index contributed by atoms with van der Waals surface area (Å²) in [6.07, 6.45) is -9.80. The molecule has 0 radical (unpaired) electrons. The highest BCUT2D eigenvalue weighted by Gasteiger charge is 2.37. The summed E-state index contributed by atoms with van der Waals surface area (Å²) in [6, 6.07) is 15.8. The standard InChI is InChI=1S/C26H14F6N2O6/c27-25(28,29)21-13-17(33(35)36)5-11-23(21)39-19-7-1-15(2-8-19)16-3-9-20(10-4-16)40-24-12-6-18(34(37)38)14-22(24)26(30,31)32/h1-14H. The van der Waals surface area contributed by atoms with Gasteiger partial charge in [0.15, 0.2) is 0 Å². The molecule has 0 aliphatic carbocycles. The van der Waals surface area contributed by atoms with E-state index in [4.69, 9.17) is 9.47 Å². The van der Waals surface area contributed by atoms with Crippen LogP contribution in [0.5, 0.6) is 23.0 Å². The molecule has 40 heavy (non-hydrogen) atoms. The lowest BCUT2D eigenvalue weighted by atomic mass is 10.1. The maximum Gasteiger partial charge on any atom is 0.420 e. The molecule has 4 aromatic rings. The van der Waals surface area contributed by atoms with Crippen LogP contribution in [0.4, 0.5) is 37.7 Å². The van der Waals surface area contributed by atoms with Crippen molar-refractivity contribution in [3.05, 3.63) is 116 Å². The molecule has 4 aromatic carbocycles. The first-order chi connectivity index (χ1) is 18.7. The molecule has 0 aliphatic rings. The molecule has 0 amide bonds. The summed E-state index contributed by atoms with van der Waals surface area (Å²) in [6.45, 7) is 0. The van der Waals surface area contributed by atoms with Gasteiger partial charge in [-0.25, -0.2) is 0 Å². The number of nitrogens with zero attached hydrogens (tertiary/aromatic N) is 2. The van der Waals surface area contributed by atoms with E-state index in [1.807, 2.05) is 0 Å². The molecule has 0 bridgehead atoms. The lowest BCUT2D eigenvalue weighted by Crippen LogP contribution is -2.08. The first kappa shape index (κ1) is 27.9. The number of alkyl halides is 6. The van der Waals surface area contributed by atoms with Gasteiger partial charge in [-0.3, -0.25) is 20.2 Å². The van der Waals surface area contributed by atoms with Crippen molar-refractivity contribution >= 4 is 11.4 Å². The van der Waals surface area contributed by atoms with Crippen molar-refractivity contribution < 1.29 is 45.7 Å². The summed E-state index contributed by atoms with van der Waals surface area (Å²) in [5, 5.41) is 21.7. The molecule has 0 atom stereocenters. The van der Waals surface area contributed by atoms with Crippen LogP contribution in [0.2, 0.25) is 0 Å². The fraction of sp³-hybridized carbons (Fsp3) is 0.0769. The summed E-state index contributed by atoms with van der Waals surface area (Å²) in [5.74, 6) is -1.23. The molecular formula is C26H14F6N2O6. The van der Waals surface area contributed by atoms with E-state index >= 15 is 0 Å². The predicted molar refractivity (Wildman–Crippen MR) is 128 cm³/mol. The van der Waals surface area contributed by atoms with Crippen LogP contribution in [0.3, 0.4) is 0 Å². The van der Waals surface area contributed by atoms with Crippen LogP contribution in [0.25, 0.3) is 11.1 Å². The third kappa shape index (κ3) is 6.28. The Labute approximate surface area is 220 Å². The SMILES string of the molecule is O=[N+]([O-])c1ccc(Oc2ccc(-c3ccc(Oc4ccc([N+](=O)[O-])cc4C(F)(F)F)cc3)cc2)c(C(F)(F)F)c1. The Hall–Kier alpha value is -5.14. The monoisotopic (exact) mass is 564 g/mol. The number of non-ortho nitro benzene ring substituents is 2. The van der Waals surface area contributed by atoms with Gasteiger partial charge in [0.1, 0.15) is 34.1 Å². The van der Waals surface area contributed by atoms with Crippen molar-refractivity contribution in [3.8, 4) is 34.1 Å². The highest BCUT2D eigenvalue weighted by molar-refractivity contribution is 5.65. The number of nitro groups is 2. The van der Waals surface area contributed by atoms with E-state index in [1.54, 1.807) is 0 Å². The van der Waals surface area contributed by atoms with Crippen LogP contribution >= 0.6 is 0 Å². The van der Waals surface area contributed by atoms with Gasteiger partial charge >= 0.3 is 12.4 Å². The Morgan fingerprint density at radius 3 is 1.12 bits per heavy atom. The second-order valence-electron chi connectivity index (χ2n) is 8.12. The minimum absolute atomic E-state index is 0.0147. The van der Waals surface area contributed by atoms with Crippen molar-refractivity contribution in [1.29, 1.82) is 0 Å². The van der Waals surface area contributed by atoms with Crippen molar-refractivity contribution in [1.82, 2.24) is 0 Å². The number of hydrogen-bond donors (Lipinski definition) is 0.